The van der Waals surface area contributed by atoms with Crippen LogP contribution >= 0.6 is 0 Å². The van der Waals surface area contributed by atoms with Crippen molar-refractivity contribution < 1.29 is 9.47 Å². The largest absolute Gasteiger partial charge is 0.383 e. The highest BCUT2D eigenvalue weighted by Crippen LogP contribution is 2.29. The van der Waals surface area contributed by atoms with Gasteiger partial charge in [-0.25, -0.2) is 0 Å². The van der Waals surface area contributed by atoms with Crippen molar-refractivity contribution in [3.05, 3.63) is 35.4 Å². The smallest absolute Gasteiger partial charge is 0.0713 e. The van der Waals surface area contributed by atoms with E-state index in [-0.39, 0.29) is 6.04 Å². The Bertz CT molecular complexity index is 408. The maximum Gasteiger partial charge on any atom is 0.0713 e. The van der Waals surface area contributed by atoms with E-state index in [4.69, 9.17) is 15.2 Å². The lowest BCUT2D eigenvalue weighted by Crippen LogP contribution is -2.41. The summed E-state index contributed by atoms with van der Waals surface area (Å²) in [5.74, 6) is 0. The van der Waals surface area contributed by atoms with Crippen molar-refractivity contribution in [3.8, 4) is 0 Å². The summed E-state index contributed by atoms with van der Waals surface area (Å²) in [7, 11) is 3.48. The van der Waals surface area contributed by atoms with E-state index in [0.717, 1.165) is 26.1 Å². The Hall–Kier alpha value is -0.940. The summed E-state index contributed by atoms with van der Waals surface area (Å²) in [6, 6.07) is 9.17. The third-order valence-electron chi connectivity index (χ3n) is 4.25. The van der Waals surface area contributed by atoms with Crippen molar-refractivity contribution >= 4 is 0 Å². The lowest BCUT2D eigenvalue weighted by atomic mass is 9.95. The number of benzene rings is 1. The summed E-state index contributed by atoms with van der Waals surface area (Å²) in [6.07, 6.45) is 3.52. The van der Waals surface area contributed by atoms with Crippen LogP contribution in [0.2, 0.25) is 0 Å². The molecule has 2 rings (SSSR count). The van der Waals surface area contributed by atoms with Gasteiger partial charge in [-0.2, -0.15) is 0 Å². The third kappa shape index (κ3) is 4.51. The molecule has 2 N–H and O–H groups in total. The monoisotopic (exact) mass is 292 g/mol. The highest BCUT2D eigenvalue weighted by atomic mass is 16.5. The maximum absolute atomic E-state index is 6.46. The molecule has 1 heterocycles. The van der Waals surface area contributed by atoms with Gasteiger partial charge in [0.25, 0.3) is 0 Å². The Labute approximate surface area is 128 Å². The minimum absolute atomic E-state index is 0.192. The van der Waals surface area contributed by atoms with Crippen LogP contribution in [0, 0.1) is 0 Å². The first-order valence-electron chi connectivity index (χ1n) is 7.82. The molecule has 0 aromatic heterocycles. The van der Waals surface area contributed by atoms with Crippen LogP contribution in [0.25, 0.3) is 0 Å². The van der Waals surface area contributed by atoms with E-state index >= 15 is 0 Å². The second-order valence-electron chi connectivity index (χ2n) is 5.81. The van der Waals surface area contributed by atoms with Crippen LogP contribution in [-0.4, -0.2) is 44.9 Å². The minimum Gasteiger partial charge on any atom is -0.383 e. The predicted octanol–water partition coefficient (Wildman–Crippen LogP) is 2.33. The molecule has 1 fully saturated rings. The van der Waals surface area contributed by atoms with Gasteiger partial charge in [0.05, 0.1) is 13.2 Å². The SMILES string of the molecule is COCCN1CCCCC(N)C1c1ccc(COC)cc1. The predicted molar refractivity (Wildman–Crippen MR) is 85.2 cm³/mol. The lowest BCUT2D eigenvalue weighted by molar-refractivity contribution is 0.115. The molecule has 0 radical (unpaired) electrons. The molecule has 1 aliphatic heterocycles. The summed E-state index contributed by atoms with van der Waals surface area (Å²) >= 11 is 0. The minimum atomic E-state index is 0.192. The van der Waals surface area contributed by atoms with Gasteiger partial charge in [-0.1, -0.05) is 30.7 Å². The Morgan fingerprint density at radius 2 is 1.90 bits per heavy atom. The number of hydrogen-bond acceptors (Lipinski definition) is 4. The molecular formula is C17H28N2O2. The molecule has 0 spiro atoms. The van der Waals surface area contributed by atoms with Crippen LogP contribution in [-0.2, 0) is 16.1 Å². The lowest BCUT2D eigenvalue weighted by Gasteiger charge is -2.33. The molecule has 2 atom stereocenters. The topological polar surface area (TPSA) is 47.7 Å². The molecule has 2 unspecified atom stereocenters. The van der Waals surface area contributed by atoms with E-state index in [1.807, 2.05) is 0 Å². The van der Waals surface area contributed by atoms with Crippen molar-refractivity contribution in [1.82, 2.24) is 4.90 Å². The van der Waals surface area contributed by atoms with Crippen LogP contribution in [0.4, 0.5) is 0 Å². The van der Waals surface area contributed by atoms with Crippen molar-refractivity contribution in [1.29, 1.82) is 0 Å². The van der Waals surface area contributed by atoms with Crippen molar-refractivity contribution in [2.24, 2.45) is 5.73 Å². The molecule has 0 bridgehead atoms. The first-order chi connectivity index (χ1) is 10.3. The molecule has 0 aliphatic carbocycles. The fourth-order valence-electron chi connectivity index (χ4n) is 3.16. The van der Waals surface area contributed by atoms with E-state index in [1.54, 1.807) is 14.2 Å². The molecule has 1 aliphatic rings. The molecule has 1 saturated heterocycles. The van der Waals surface area contributed by atoms with Crippen LogP contribution < -0.4 is 5.73 Å². The van der Waals surface area contributed by atoms with Gasteiger partial charge in [0, 0.05) is 32.8 Å². The van der Waals surface area contributed by atoms with Gasteiger partial charge >= 0.3 is 0 Å². The highest BCUT2D eigenvalue weighted by Gasteiger charge is 2.28. The number of likely N-dealkylation sites (tertiary alicyclic amines) is 1. The van der Waals surface area contributed by atoms with Gasteiger partial charge in [0.2, 0.25) is 0 Å². The number of nitrogens with zero attached hydrogens (tertiary/aromatic N) is 1. The Kier molecular flexibility index (Phi) is 6.64. The Morgan fingerprint density at radius 3 is 2.57 bits per heavy atom. The Morgan fingerprint density at radius 1 is 1.14 bits per heavy atom. The highest BCUT2D eigenvalue weighted by molar-refractivity contribution is 5.26. The molecule has 118 valence electrons. The quantitative estimate of drug-likeness (QED) is 0.874. The zero-order chi connectivity index (χ0) is 15.1. The average Bonchev–Trinajstić information content (AvgIpc) is 2.68. The first kappa shape index (κ1) is 16.4. The van der Waals surface area contributed by atoms with E-state index in [0.29, 0.717) is 12.6 Å². The summed E-state index contributed by atoms with van der Waals surface area (Å²) in [6.45, 7) is 3.45. The fraction of sp³-hybridized carbons (Fsp3) is 0.647. The third-order valence-corrected chi connectivity index (χ3v) is 4.25. The molecule has 0 amide bonds. The second kappa shape index (κ2) is 8.49. The van der Waals surface area contributed by atoms with Gasteiger partial charge in [-0.15, -0.1) is 0 Å². The van der Waals surface area contributed by atoms with Crippen LogP contribution in [0.1, 0.15) is 36.4 Å². The number of ether oxygens (including phenoxy) is 2. The van der Waals surface area contributed by atoms with Crippen LogP contribution in [0.5, 0.6) is 0 Å². The molecule has 21 heavy (non-hydrogen) atoms. The van der Waals surface area contributed by atoms with Crippen molar-refractivity contribution in [3.63, 3.8) is 0 Å². The number of methoxy groups -OCH3 is 2. The van der Waals surface area contributed by atoms with E-state index in [1.165, 1.54) is 24.0 Å². The molecule has 4 nitrogen and oxygen atoms in total. The van der Waals surface area contributed by atoms with Gasteiger partial charge in [-0.05, 0) is 30.5 Å². The van der Waals surface area contributed by atoms with Gasteiger partial charge in [-0.3, -0.25) is 4.90 Å². The van der Waals surface area contributed by atoms with Gasteiger partial charge < -0.3 is 15.2 Å². The van der Waals surface area contributed by atoms with E-state index in [2.05, 4.69) is 29.2 Å². The Balaban J connectivity index is 2.16. The summed E-state index contributed by atoms with van der Waals surface area (Å²) < 4.78 is 10.4. The van der Waals surface area contributed by atoms with Crippen LogP contribution in [0.15, 0.2) is 24.3 Å². The van der Waals surface area contributed by atoms with Crippen molar-refractivity contribution in [2.75, 3.05) is 33.9 Å². The first-order valence-corrected chi connectivity index (χ1v) is 7.82. The van der Waals surface area contributed by atoms with E-state index < -0.39 is 0 Å². The summed E-state index contributed by atoms with van der Waals surface area (Å²) in [5.41, 5.74) is 8.97. The van der Waals surface area contributed by atoms with Gasteiger partial charge in [0.15, 0.2) is 0 Å². The molecule has 1 aromatic carbocycles. The standard InChI is InChI=1S/C17H28N2O2/c1-20-12-11-19-10-4-3-5-16(18)17(19)15-8-6-14(7-9-15)13-21-2/h6-9,16-17H,3-5,10-13,18H2,1-2H3. The van der Waals surface area contributed by atoms with Gasteiger partial charge in [0.1, 0.15) is 0 Å². The summed E-state index contributed by atoms with van der Waals surface area (Å²) in [4.78, 5) is 2.48. The number of nitrogens with two attached hydrogens (primary N) is 1. The van der Waals surface area contributed by atoms with Crippen LogP contribution in [0.3, 0.4) is 0 Å². The molecule has 1 aromatic rings. The number of hydrogen-bond donors (Lipinski definition) is 1. The fourth-order valence-corrected chi connectivity index (χ4v) is 3.16. The average molecular weight is 292 g/mol. The molecular weight excluding hydrogens is 264 g/mol. The second-order valence-corrected chi connectivity index (χ2v) is 5.81. The maximum atomic E-state index is 6.46. The number of rotatable bonds is 6. The van der Waals surface area contributed by atoms with Crippen molar-refractivity contribution in [2.45, 2.75) is 38.0 Å². The molecule has 0 saturated carbocycles. The zero-order valence-electron chi connectivity index (χ0n) is 13.3. The molecule has 4 heteroatoms. The normalized spacial score (nSPS) is 24.0. The van der Waals surface area contributed by atoms with E-state index in [9.17, 15) is 0 Å². The summed E-state index contributed by atoms with van der Waals surface area (Å²) in [5, 5.41) is 0. The zero-order valence-corrected chi connectivity index (χ0v) is 13.3.